The second-order valence-corrected chi connectivity index (χ2v) is 8.80. The Bertz CT molecular complexity index is 925. The minimum Gasteiger partial charge on any atom is -0.340 e. The van der Waals surface area contributed by atoms with Crippen molar-refractivity contribution >= 4 is 34.7 Å². The number of nitrogens with zero attached hydrogens (tertiary/aromatic N) is 3. The summed E-state index contributed by atoms with van der Waals surface area (Å²) in [6, 6.07) is 9.92. The molecule has 0 unspecified atom stereocenters. The third-order valence-corrected chi connectivity index (χ3v) is 6.65. The van der Waals surface area contributed by atoms with Crippen LogP contribution in [0.3, 0.4) is 0 Å². The molecule has 6 nitrogen and oxygen atoms in total. The van der Waals surface area contributed by atoms with Crippen LogP contribution >= 0.6 is 11.3 Å². The minimum atomic E-state index is -0.523. The molecule has 7 heteroatoms. The largest absolute Gasteiger partial charge is 0.340 e. The molecule has 1 aromatic heterocycles. The molecule has 4 rings (SSSR count). The average Bonchev–Trinajstić information content (AvgIpc) is 3.36. The fourth-order valence-corrected chi connectivity index (χ4v) is 5.00. The van der Waals surface area contributed by atoms with E-state index in [1.165, 1.54) is 12.5 Å². The van der Waals surface area contributed by atoms with Crippen LogP contribution in [0.5, 0.6) is 0 Å². The van der Waals surface area contributed by atoms with E-state index in [4.69, 9.17) is 0 Å². The van der Waals surface area contributed by atoms with E-state index in [1.54, 1.807) is 21.1 Å². The SMILES string of the molecule is CC(=O)N1CC(=O)N(c2ccsc2)C[C@]12CCN(C(=O)Cc1ccc(C)cc1)C2. The van der Waals surface area contributed by atoms with Crippen molar-refractivity contribution in [1.82, 2.24) is 9.80 Å². The highest BCUT2D eigenvalue weighted by Gasteiger charge is 2.51. The Labute approximate surface area is 174 Å². The summed E-state index contributed by atoms with van der Waals surface area (Å²) in [6.07, 6.45) is 1.03. The van der Waals surface area contributed by atoms with Crippen LogP contribution in [0.25, 0.3) is 0 Å². The van der Waals surface area contributed by atoms with Crippen LogP contribution in [-0.2, 0) is 20.8 Å². The number of likely N-dealkylation sites (tertiary alicyclic amines) is 1. The van der Waals surface area contributed by atoms with Gasteiger partial charge in [-0.25, -0.2) is 0 Å². The fourth-order valence-electron chi connectivity index (χ4n) is 4.36. The van der Waals surface area contributed by atoms with E-state index >= 15 is 0 Å². The molecule has 0 N–H and O–H groups in total. The smallest absolute Gasteiger partial charge is 0.246 e. The van der Waals surface area contributed by atoms with Crippen molar-refractivity contribution in [2.45, 2.75) is 32.2 Å². The van der Waals surface area contributed by atoms with Gasteiger partial charge in [0.1, 0.15) is 6.54 Å². The van der Waals surface area contributed by atoms with Gasteiger partial charge in [-0.15, -0.1) is 0 Å². The Hall–Kier alpha value is -2.67. The maximum absolute atomic E-state index is 12.9. The molecule has 0 radical (unpaired) electrons. The van der Waals surface area contributed by atoms with E-state index < -0.39 is 5.54 Å². The van der Waals surface area contributed by atoms with E-state index in [0.29, 0.717) is 32.5 Å². The molecule has 1 atom stereocenters. The third kappa shape index (κ3) is 3.79. The molecule has 2 saturated heterocycles. The summed E-state index contributed by atoms with van der Waals surface area (Å²) < 4.78 is 0. The monoisotopic (exact) mass is 411 g/mol. The summed E-state index contributed by atoms with van der Waals surface area (Å²) in [5.41, 5.74) is 2.50. The maximum Gasteiger partial charge on any atom is 0.246 e. The second kappa shape index (κ2) is 7.63. The maximum atomic E-state index is 12.9. The van der Waals surface area contributed by atoms with E-state index in [1.807, 2.05) is 52.9 Å². The van der Waals surface area contributed by atoms with Crippen LogP contribution in [0, 0.1) is 6.92 Å². The number of hydrogen-bond donors (Lipinski definition) is 0. The molecular formula is C22H25N3O3S. The van der Waals surface area contributed by atoms with Gasteiger partial charge in [0.15, 0.2) is 0 Å². The van der Waals surface area contributed by atoms with Gasteiger partial charge >= 0.3 is 0 Å². The molecule has 29 heavy (non-hydrogen) atoms. The molecule has 2 aliphatic heterocycles. The van der Waals surface area contributed by atoms with E-state index in [2.05, 4.69) is 0 Å². The molecule has 152 valence electrons. The highest BCUT2D eigenvalue weighted by molar-refractivity contribution is 7.08. The van der Waals surface area contributed by atoms with Crippen molar-refractivity contribution in [3.63, 3.8) is 0 Å². The Balaban J connectivity index is 1.53. The van der Waals surface area contributed by atoms with E-state index in [9.17, 15) is 14.4 Å². The fraction of sp³-hybridized carbons (Fsp3) is 0.409. The average molecular weight is 412 g/mol. The van der Waals surface area contributed by atoms with Crippen molar-refractivity contribution in [3.8, 4) is 0 Å². The first kappa shape index (κ1) is 19.6. The lowest BCUT2D eigenvalue weighted by Crippen LogP contribution is -2.67. The first-order valence-electron chi connectivity index (χ1n) is 9.82. The molecular weight excluding hydrogens is 386 g/mol. The van der Waals surface area contributed by atoms with Crippen molar-refractivity contribution in [1.29, 1.82) is 0 Å². The quantitative estimate of drug-likeness (QED) is 0.780. The van der Waals surface area contributed by atoms with Crippen LogP contribution in [-0.4, -0.2) is 59.2 Å². The van der Waals surface area contributed by atoms with Gasteiger partial charge in [-0.05, 0) is 30.4 Å². The number of benzene rings is 1. The first-order chi connectivity index (χ1) is 13.9. The number of rotatable bonds is 3. The van der Waals surface area contributed by atoms with Gasteiger partial charge in [0.2, 0.25) is 17.7 Å². The van der Waals surface area contributed by atoms with Gasteiger partial charge < -0.3 is 14.7 Å². The van der Waals surface area contributed by atoms with Crippen LogP contribution in [0.2, 0.25) is 0 Å². The predicted molar refractivity (Wildman–Crippen MR) is 113 cm³/mol. The zero-order valence-electron chi connectivity index (χ0n) is 16.8. The predicted octanol–water partition coefficient (Wildman–Crippen LogP) is 2.47. The number of hydrogen-bond acceptors (Lipinski definition) is 4. The van der Waals surface area contributed by atoms with Crippen LogP contribution in [0.15, 0.2) is 41.1 Å². The molecule has 2 aromatic rings. The van der Waals surface area contributed by atoms with Crippen molar-refractivity contribution in [3.05, 3.63) is 52.2 Å². The molecule has 0 aliphatic carbocycles. The highest BCUT2D eigenvalue weighted by atomic mass is 32.1. The van der Waals surface area contributed by atoms with Gasteiger partial charge in [0.05, 0.1) is 24.2 Å². The molecule has 3 heterocycles. The van der Waals surface area contributed by atoms with Gasteiger partial charge in [0, 0.05) is 25.4 Å². The second-order valence-electron chi connectivity index (χ2n) is 8.02. The summed E-state index contributed by atoms with van der Waals surface area (Å²) >= 11 is 1.54. The van der Waals surface area contributed by atoms with Crippen molar-refractivity contribution < 1.29 is 14.4 Å². The zero-order chi connectivity index (χ0) is 20.6. The van der Waals surface area contributed by atoms with Gasteiger partial charge in [-0.3, -0.25) is 14.4 Å². The Kier molecular flexibility index (Phi) is 5.17. The highest BCUT2D eigenvalue weighted by Crippen LogP contribution is 2.35. The van der Waals surface area contributed by atoms with E-state index in [0.717, 1.165) is 11.3 Å². The summed E-state index contributed by atoms with van der Waals surface area (Å²) in [4.78, 5) is 43.3. The summed E-state index contributed by atoms with van der Waals surface area (Å²) in [7, 11) is 0. The van der Waals surface area contributed by atoms with Crippen molar-refractivity contribution in [2.24, 2.45) is 0 Å². The third-order valence-electron chi connectivity index (χ3n) is 5.98. The zero-order valence-corrected chi connectivity index (χ0v) is 17.6. The van der Waals surface area contributed by atoms with Gasteiger partial charge in [0.25, 0.3) is 0 Å². The molecule has 3 amide bonds. The summed E-state index contributed by atoms with van der Waals surface area (Å²) in [5.74, 6) is -0.127. The lowest BCUT2D eigenvalue weighted by Gasteiger charge is -2.47. The number of anilines is 1. The molecule has 2 aliphatic rings. The summed E-state index contributed by atoms with van der Waals surface area (Å²) in [6.45, 7) is 5.08. The number of thiophene rings is 1. The van der Waals surface area contributed by atoms with Gasteiger partial charge in [-0.2, -0.15) is 11.3 Å². The first-order valence-corrected chi connectivity index (χ1v) is 10.8. The number of aryl methyl sites for hydroxylation is 1. The van der Waals surface area contributed by atoms with Crippen LogP contribution in [0.4, 0.5) is 5.69 Å². The molecule has 0 saturated carbocycles. The standard InChI is InChI=1S/C22H25N3O3S/c1-16-3-5-18(6-4-16)11-20(27)23-9-8-22(14-23)15-24(19-7-10-29-13-19)21(28)12-25(22)17(2)26/h3-7,10,13H,8-9,11-12,14-15H2,1-2H3/t22-/m1/s1. The summed E-state index contributed by atoms with van der Waals surface area (Å²) in [5, 5.41) is 3.89. The topological polar surface area (TPSA) is 60.9 Å². The minimum absolute atomic E-state index is 0.0607. The molecule has 0 bridgehead atoms. The number of carbonyl (C=O) groups is 3. The number of piperazine rings is 1. The molecule has 2 fully saturated rings. The molecule has 1 aromatic carbocycles. The Morgan fingerprint density at radius 1 is 1.14 bits per heavy atom. The lowest BCUT2D eigenvalue weighted by atomic mass is 9.92. The van der Waals surface area contributed by atoms with Gasteiger partial charge in [-0.1, -0.05) is 29.8 Å². The number of carbonyl (C=O) groups excluding carboxylic acids is 3. The van der Waals surface area contributed by atoms with E-state index in [-0.39, 0.29) is 24.3 Å². The number of amides is 3. The van der Waals surface area contributed by atoms with Crippen LogP contribution < -0.4 is 4.90 Å². The Morgan fingerprint density at radius 3 is 2.55 bits per heavy atom. The normalized spacial score (nSPS) is 21.9. The molecule has 1 spiro atoms. The van der Waals surface area contributed by atoms with Crippen molar-refractivity contribution in [2.75, 3.05) is 31.1 Å². The van der Waals surface area contributed by atoms with Crippen LogP contribution in [0.1, 0.15) is 24.5 Å². The Morgan fingerprint density at radius 2 is 1.90 bits per heavy atom. The lowest BCUT2D eigenvalue weighted by molar-refractivity contribution is -0.143.